The van der Waals surface area contributed by atoms with E-state index < -0.39 is 45.0 Å². The Balaban J connectivity index is 1.88. The Kier molecular flexibility index (Phi) is 6.43. The molecule has 1 aromatic carbocycles. The van der Waals surface area contributed by atoms with Gasteiger partial charge in [0.2, 0.25) is 0 Å². The maximum absolute atomic E-state index is 13.9. The average molecular weight is 474 g/mol. The first kappa shape index (κ1) is 22.9. The minimum absolute atomic E-state index is 0.219. The smallest absolute Gasteiger partial charge is 0.258 e. The molecule has 2 aromatic rings. The number of hydrogen-bond acceptors (Lipinski definition) is 5. The van der Waals surface area contributed by atoms with Crippen LogP contribution in [-0.4, -0.2) is 49.5 Å². The summed E-state index contributed by atoms with van der Waals surface area (Å²) in [6.45, 7) is 2.53. The molecule has 1 N–H and O–H groups in total. The molecule has 1 aliphatic rings. The van der Waals surface area contributed by atoms with Crippen molar-refractivity contribution in [3.05, 3.63) is 48.2 Å². The summed E-state index contributed by atoms with van der Waals surface area (Å²) in [4.78, 5) is 16.5. The van der Waals surface area contributed by atoms with Crippen LogP contribution in [0.25, 0.3) is 11.1 Å². The summed E-state index contributed by atoms with van der Waals surface area (Å²) in [6.07, 6.45) is 2.20. The normalized spacial score (nSPS) is 22.8. The second kappa shape index (κ2) is 8.42. The fraction of sp³-hybridized carbons (Fsp3) is 0.400. The molecule has 0 radical (unpaired) electrons. The van der Waals surface area contributed by atoms with Crippen LogP contribution >= 0.6 is 23.2 Å². The van der Waals surface area contributed by atoms with Crippen molar-refractivity contribution in [2.45, 2.75) is 41.6 Å². The maximum atomic E-state index is 13.9. The molecule has 162 valence electrons. The quantitative estimate of drug-likeness (QED) is 0.644. The molecule has 3 rings (SSSR count). The molecular formula is C20H22Cl2FN3O3S. The predicted octanol–water partition coefficient (Wildman–Crippen LogP) is 4.56. The number of nitrogens with zero attached hydrogens (tertiary/aromatic N) is 2. The zero-order chi connectivity index (χ0) is 22.3. The van der Waals surface area contributed by atoms with Crippen molar-refractivity contribution < 1.29 is 18.1 Å². The van der Waals surface area contributed by atoms with Crippen molar-refractivity contribution in [3.63, 3.8) is 0 Å². The van der Waals surface area contributed by atoms with Gasteiger partial charge in [0.25, 0.3) is 5.91 Å². The third-order valence-electron chi connectivity index (χ3n) is 4.97. The van der Waals surface area contributed by atoms with Gasteiger partial charge >= 0.3 is 0 Å². The average Bonchev–Trinajstić information content (AvgIpc) is 2.97. The largest absolute Gasteiger partial charge is 0.346 e. The van der Waals surface area contributed by atoms with Gasteiger partial charge in [-0.15, -0.1) is 0 Å². The summed E-state index contributed by atoms with van der Waals surface area (Å²) < 4.78 is 39.3. The van der Waals surface area contributed by atoms with Gasteiger partial charge < -0.3 is 9.64 Å². The van der Waals surface area contributed by atoms with E-state index in [9.17, 15) is 13.4 Å². The molecule has 1 aliphatic heterocycles. The van der Waals surface area contributed by atoms with Crippen LogP contribution in [-0.2, 0) is 19.3 Å². The zero-order valence-electron chi connectivity index (χ0n) is 16.6. The molecule has 1 aromatic heterocycles. The molecule has 30 heavy (non-hydrogen) atoms. The number of aromatic nitrogens is 1. The second-order valence-corrected chi connectivity index (χ2v) is 10.8. The Hall–Kier alpha value is -1.74. The van der Waals surface area contributed by atoms with Crippen molar-refractivity contribution in [3.8, 4) is 11.1 Å². The molecule has 3 atom stereocenters. The minimum atomic E-state index is -2.87. The van der Waals surface area contributed by atoms with Gasteiger partial charge in [-0.05, 0) is 31.0 Å². The summed E-state index contributed by atoms with van der Waals surface area (Å²) in [7, 11) is -2.87. The molecule has 0 aliphatic carbocycles. The molecule has 2 heterocycles. The van der Waals surface area contributed by atoms with E-state index in [0.29, 0.717) is 5.56 Å². The van der Waals surface area contributed by atoms with Crippen molar-refractivity contribution in [1.29, 1.82) is 4.78 Å². The topological polar surface area (TPSA) is 83.3 Å². The minimum Gasteiger partial charge on any atom is -0.346 e. The molecule has 0 bridgehead atoms. The molecule has 0 saturated carbocycles. The van der Waals surface area contributed by atoms with Gasteiger partial charge in [0, 0.05) is 18.0 Å². The number of ether oxygens (including phenoxy) is 1. The van der Waals surface area contributed by atoms with E-state index in [2.05, 4.69) is 4.98 Å². The Morgan fingerprint density at radius 1 is 1.27 bits per heavy atom. The number of amides is 1. The van der Waals surface area contributed by atoms with E-state index in [0.717, 1.165) is 11.1 Å². The molecule has 1 unspecified atom stereocenters. The molecule has 1 amide bonds. The van der Waals surface area contributed by atoms with Gasteiger partial charge in [-0.3, -0.25) is 4.79 Å². The van der Waals surface area contributed by atoms with Crippen LogP contribution in [0.5, 0.6) is 0 Å². The predicted molar refractivity (Wildman–Crippen MR) is 115 cm³/mol. The highest BCUT2D eigenvalue weighted by atomic mass is 35.5. The molecule has 6 nitrogen and oxygen atoms in total. The number of hydrogen-bond donors (Lipinski definition) is 1. The molecule has 0 spiro atoms. The maximum Gasteiger partial charge on any atom is 0.258 e. The van der Waals surface area contributed by atoms with Gasteiger partial charge in [-0.1, -0.05) is 53.5 Å². The monoisotopic (exact) mass is 473 g/mol. The van der Waals surface area contributed by atoms with Crippen molar-refractivity contribution in [2.75, 3.05) is 12.9 Å². The molecule has 1 fully saturated rings. The lowest BCUT2D eigenvalue weighted by Gasteiger charge is -2.33. The number of halogens is 3. The lowest BCUT2D eigenvalue weighted by molar-refractivity contribution is -0.145. The lowest BCUT2D eigenvalue weighted by Crippen LogP contribution is -2.50. The van der Waals surface area contributed by atoms with Crippen LogP contribution in [0.1, 0.15) is 25.5 Å². The molecule has 1 saturated heterocycles. The standard InChI is InChI=1S/C20H22Cl2FN3O3S/c1-20(2)26(19(27)18(21)22)15(10-23)17(29-20)13-6-4-12(5-7-13)14-8-9-16(25-11-14)30(3,24)28/h4-9,11,15,17-18,24H,10H2,1-3H3/t15-,17-,30?/m1/s1. The number of alkyl halides is 3. The van der Waals surface area contributed by atoms with Crippen LogP contribution < -0.4 is 0 Å². The van der Waals surface area contributed by atoms with E-state index in [4.69, 9.17) is 32.7 Å². The van der Waals surface area contributed by atoms with E-state index in [1.165, 1.54) is 11.2 Å². The van der Waals surface area contributed by atoms with Crippen LogP contribution in [0.15, 0.2) is 47.6 Å². The Morgan fingerprint density at radius 3 is 2.33 bits per heavy atom. The van der Waals surface area contributed by atoms with Crippen molar-refractivity contribution in [2.24, 2.45) is 0 Å². The number of benzene rings is 1. The molecule has 10 heteroatoms. The number of nitrogens with one attached hydrogen (secondary N) is 1. The first-order chi connectivity index (χ1) is 14.0. The number of pyridine rings is 1. The summed E-state index contributed by atoms with van der Waals surface area (Å²) in [6, 6.07) is 9.72. The summed E-state index contributed by atoms with van der Waals surface area (Å²) >= 11 is 11.5. The van der Waals surface area contributed by atoms with E-state index in [1.54, 1.807) is 44.3 Å². The highest BCUT2D eigenvalue weighted by Gasteiger charge is 2.51. The van der Waals surface area contributed by atoms with Gasteiger partial charge in [0.1, 0.15) is 23.5 Å². The Bertz CT molecular complexity index is 1030. The number of carbonyl (C=O) groups excluding carboxylic acids is 1. The molecular weight excluding hydrogens is 452 g/mol. The highest BCUT2D eigenvalue weighted by molar-refractivity contribution is 7.91. The number of carbonyl (C=O) groups is 1. The second-order valence-electron chi connectivity index (χ2n) is 7.57. The third-order valence-corrected chi connectivity index (χ3v) is 6.38. The Labute approximate surface area is 185 Å². The SMILES string of the molecule is CC1(C)O[C@H](c2ccc(-c3ccc(S(C)(=N)=O)nc3)cc2)[C@@H](CF)N1C(=O)C(Cl)Cl. The van der Waals surface area contributed by atoms with Crippen LogP contribution in [0.3, 0.4) is 0 Å². The fourth-order valence-electron chi connectivity index (χ4n) is 3.60. The van der Waals surface area contributed by atoms with E-state index in [1.807, 2.05) is 12.1 Å². The summed E-state index contributed by atoms with van der Waals surface area (Å²) in [5, 5.41) is 0.219. The van der Waals surface area contributed by atoms with Gasteiger partial charge in [-0.2, -0.15) is 0 Å². The van der Waals surface area contributed by atoms with Gasteiger partial charge in [0.05, 0.1) is 15.8 Å². The number of rotatable bonds is 5. The van der Waals surface area contributed by atoms with Crippen LogP contribution in [0.4, 0.5) is 4.39 Å². The summed E-state index contributed by atoms with van der Waals surface area (Å²) in [5.41, 5.74) is 1.27. The zero-order valence-corrected chi connectivity index (χ0v) is 19.0. The van der Waals surface area contributed by atoms with Crippen molar-refractivity contribution in [1.82, 2.24) is 9.88 Å². The van der Waals surface area contributed by atoms with Crippen LogP contribution in [0.2, 0.25) is 0 Å². The highest BCUT2D eigenvalue weighted by Crippen LogP contribution is 2.42. The third kappa shape index (κ3) is 4.46. The van der Waals surface area contributed by atoms with E-state index >= 15 is 0 Å². The van der Waals surface area contributed by atoms with Gasteiger partial charge in [0.15, 0.2) is 4.84 Å². The Morgan fingerprint density at radius 2 is 1.87 bits per heavy atom. The first-order valence-electron chi connectivity index (χ1n) is 9.11. The van der Waals surface area contributed by atoms with E-state index in [-0.39, 0.29) is 5.03 Å². The summed E-state index contributed by atoms with van der Waals surface area (Å²) in [5.74, 6) is -0.599. The van der Waals surface area contributed by atoms with Crippen molar-refractivity contribution >= 4 is 38.8 Å². The fourth-order valence-corrected chi connectivity index (χ4v) is 4.39. The van der Waals surface area contributed by atoms with Crippen LogP contribution in [0, 0.1) is 4.78 Å². The lowest BCUT2D eigenvalue weighted by atomic mass is 9.99. The van der Waals surface area contributed by atoms with Gasteiger partial charge in [-0.25, -0.2) is 18.4 Å². The first-order valence-corrected chi connectivity index (χ1v) is 11.9.